The first-order valence-electron chi connectivity index (χ1n) is 13.9. The van der Waals surface area contributed by atoms with Crippen LogP contribution in [0.15, 0.2) is 35.7 Å². The number of halogens is 2. The summed E-state index contributed by atoms with van der Waals surface area (Å²) >= 11 is 0. The second-order valence-electron chi connectivity index (χ2n) is 11.7. The third-order valence-corrected chi connectivity index (χ3v) is 7.58. The van der Waals surface area contributed by atoms with Crippen LogP contribution in [0.1, 0.15) is 74.5 Å². The maximum atomic E-state index is 14.0. The molecule has 2 heterocycles. The topological polar surface area (TPSA) is 131 Å². The highest BCUT2D eigenvalue weighted by Crippen LogP contribution is 2.36. The van der Waals surface area contributed by atoms with Crippen molar-refractivity contribution in [2.75, 3.05) is 6.54 Å². The number of aromatic nitrogens is 4. The first kappa shape index (κ1) is 28.5. The van der Waals surface area contributed by atoms with Crippen molar-refractivity contribution in [2.45, 2.75) is 95.9 Å². The number of azide groups is 1. The summed E-state index contributed by atoms with van der Waals surface area (Å²) < 4.78 is 35.0. The number of ether oxygens (including phenoxy) is 1. The molecule has 0 N–H and O–H groups in total. The number of amides is 1. The zero-order valence-electron chi connectivity index (χ0n) is 23.5. The molecule has 1 atom stereocenters. The minimum atomic E-state index is -2.73. The van der Waals surface area contributed by atoms with Gasteiger partial charge in [-0.25, -0.2) is 13.6 Å². The van der Waals surface area contributed by atoms with Crippen LogP contribution in [0, 0.1) is 0 Å². The lowest BCUT2D eigenvalue weighted by Gasteiger charge is -2.34. The third kappa shape index (κ3) is 6.51. The zero-order valence-corrected chi connectivity index (χ0v) is 23.5. The summed E-state index contributed by atoms with van der Waals surface area (Å²) in [7, 11) is 0. The molecule has 0 radical (unpaired) electrons. The van der Waals surface area contributed by atoms with Crippen molar-refractivity contribution in [3.63, 3.8) is 0 Å². The number of fused-ring (bicyclic) bond motifs is 2. The van der Waals surface area contributed by atoms with E-state index in [4.69, 9.17) is 10.3 Å². The Morgan fingerprint density at radius 3 is 2.71 bits per heavy atom. The van der Waals surface area contributed by atoms with Gasteiger partial charge < -0.3 is 9.64 Å². The van der Waals surface area contributed by atoms with Crippen molar-refractivity contribution in [3.05, 3.63) is 57.9 Å². The zero-order chi connectivity index (χ0) is 29.4. The van der Waals surface area contributed by atoms with Gasteiger partial charge in [-0.05, 0) is 82.5 Å². The second-order valence-corrected chi connectivity index (χ2v) is 11.7. The maximum absolute atomic E-state index is 14.0. The van der Waals surface area contributed by atoms with E-state index < -0.39 is 17.6 Å². The molecule has 0 spiro atoms. The number of carbonyl (C=O) groups excluding carboxylic acids is 2. The summed E-state index contributed by atoms with van der Waals surface area (Å²) in [6.07, 6.45) is 6.46. The van der Waals surface area contributed by atoms with Gasteiger partial charge in [-0.2, -0.15) is 14.9 Å². The van der Waals surface area contributed by atoms with Gasteiger partial charge >= 0.3 is 6.09 Å². The number of alkyl halides is 2. The highest BCUT2D eigenvalue weighted by Gasteiger charge is 2.40. The number of nitrogens with zero attached hydrogens (tertiary/aromatic N) is 8. The summed E-state index contributed by atoms with van der Waals surface area (Å²) in [5.74, 6) is -2.80. The largest absolute Gasteiger partial charge is 0.442 e. The van der Waals surface area contributed by atoms with Crippen LogP contribution >= 0.6 is 0 Å². The van der Waals surface area contributed by atoms with Crippen molar-refractivity contribution < 1.29 is 23.1 Å². The van der Waals surface area contributed by atoms with Crippen molar-refractivity contribution in [2.24, 2.45) is 5.11 Å². The molecule has 2 aromatic heterocycles. The summed E-state index contributed by atoms with van der Waals surface area (Å²) in [5.41, 5.74) is 10.6. The summed E-state index contributed by atoms with van der Waals surface area (Å²) in [5, 5.41) is 13.0. The maximum Gasteiger partial charge on any atom is 0.435 e. The molecule has 0 aliphatic heterocycles. The van der Waals surface area contributed by atoms with E-state index in [1.54, 1.807) is 37.0 Å². The highest BCUT2D eigenvalue weighted by atomic mass is 19.3. The molecule has 1 unspecified atom stereocenters. The molecule has 1 saturated carbocycles. The van der Waals surface area contributed by atoms with Crippen LogP contribution in [-0.2, 0) is 24.1 Å². The van der Waals surface area contributed by atoms with E-state index in [0.29, 0.717) is 36.8 Å². The first-order valence-corrected chi connectivity index (χ1v) is 13.9. The standard InChI is InChI=1S/C28H34F2N8O3/c1-27(2,17-32-35-31)41-26(40)37-16-18-14-20(10-11-23(18)34-37)38(19-8-9-19)25(39)21-6-4-7-24-22(21)15-33-36(24)13-5-12-28(3,29)30/h4,6-7,15-16,19-20H,5,8-14,17H2,1-3H3. The Balaban J connectivity index is 1.32. The van der Waals surface area contributed by atoms with Crippen LogP contribution in [0.25, 0.3) is 21.3 Å². The lowest BCUT2D eigenvalue weighted by Crippen LogP contribution is -2.44. The van der Waals surface area contributed by atoms with E-state index in [0.717, 1.165) is 36.5 Å². The molecule has 1 fully saturated rings. The number of aryl methyl sites for hydroxylation is 2. The Morgan fingerprint density at radius 2 is 2.00 bits per heavy atom. The number of hydrogen-bond donors (Lipinski definition) is 0. The molecule has 13 heteroatoms. The number of rotatable bonds is 10. The predicted molar refractivity (Wildman–Crippen MR) is 147 cm³/mol. The third-order valence-electron chi connectivity index (χ3n) is 7.58. The second kappa shape index (κ2) is 11.1. The van der Waals surface area contributed by atoms with E-state index in [-0.39, 0.29) is 37.4 Å². The number of carbonyl (C=O) groups is 2. The van der Waals surface area contributed by atoms with Crippen LogP contribution in [0.3, 0.4) is 0 Å². The van der Waals surface area contributed by atoms with E-state index in [1.165, 1.54) is 4.68 Å². The smallest absolute Gasteiger partial charge is 0.435 e. The van der Waals surface area contributed by atoms with Crippen molar-refractivity contribution >= 4 is 22.9 Å². The summed E-state index contributed by atoms with van der Waals surface area (Å²) in [4.78, 5) is 31.5. The van der Waals surface area contributed by atoms with Crippen LogP contribution in [0.2, 0.25) is 0 Å². The molecule has 11 nitrogen and oxygen atoms in total. The van der Waals surface area contributed by atoms with Gasteiger partial charge in [-0.3, -0.25) is 9.48 Å². The average molecular weight is 569 g/mol. The van der Waals surface area contributed by atoms with Gasteiger partial charge in [0.25, 0.3) is 5.91 Å². The highest BCUT2D eigenvalue weighted by molar-refractivity contribution is 6.06. The lowest BCUT2D eigenvalue weighted by atomic mass is 9.91. The fraction of sp³-hybridized carbons (Fsp3) is 0.571. The normalized spacial score (nSPS) is 17.1. The van der Waals surface area contributed by atoms with Crippen molar-refractivity contribution in [3.8, 4) is 0 Å². The van der Waals surface area contributed by atoms with Gasteiger partial charge in [0.15, 0.2) is 0 Å². The molecule has 0 saturated heterocycles. The fourth-order valence-electron chi connectivity index (χ4n) is 5.46. The van der Waals surface area contributed by atoms with Gasteiger partial charge in [0.1, 0.15) is 5.60 Å². The molecule has 5 rings (SSSR count). The van der Waals surface area contributed by atoms with Gasteiger partial charge in [0.2, 0.25) is 5.92 Å². The summed E-state index contributed by atoms with van der Waals surface area (Å²) in [6, 6.07) is 5.55. The van der Waals surface area contributed by atoms with Crippen LogP contribution in [0.5, 0.6) is 0 Å². The molecule has 2 aliphatic rings. The SMILES string of the molecule is CC(F)(F)CCCn1ncc2c(C(=O)N(C3CC3)C3CCc4nn(C(=O)OC(C)(C)CN=[N+]=[N-])cc4C3)cccc21. The van der Waals surface area contributed by atoms with E-state index in [2.05, 4.69) is 20.2 Å². The minimum absolute atomic E-state index is 0.00288. The quantitative estimate of drug-likeness (QED) is 0.171. The molecule has 41 heavy (non-hydrogen) atoms. The molecule has 3 aromatic rings. The predicted octanol–water partition coefficient (Wildman–Crippen LogP) is 5.90. The lowest BCUT2D eigenvalue weighted by molar-refractivity contribution is 0.00975. The Bertz CT molecular complexity index is 1500. The van der Waals surface area contributed by atoms with E-state index in [9.17, 15) is 18.4 Å². The Hall–Kier alpha value is -3.99. The van der Waals surface area contributed by atoms with Gasteiger partial charge in [0.05, 0.1) is 29.5 Å². The molecule has 0 bridgehead atoms. The van der Waals surface area contributed by atoms with Crippen molar-refractivity contribution in [1.82, 2.24) is 24.5 Å². The Morgan fingerprint density at radius 1 is 1.22 bits per heavy atom. The van der Waals surface area contributed by atoms with E-state index >= 15 is 0 Å². The van der Waals surface area contributed by atoms with Crippen LogP contribution in [-0.4, -0.2) is 66.6 Å². The molecule has 1 aromatic carbocycles. The Labute approximate surface area is 236 Å². The summed E-state index contributed by atoms with van der Waals surface area (Å²) in [6.45, 7) is 4.57. The minimum Gasteiger partial charge on any atom is -0.442 e. The van der Waals surface area contributed by atoms with Crippen LogP contribution < -0.4 is 0 Å². The number of benzene rings is 1. The molecule has 1 amide bonds. The van der Waals surface area contributed by atoms with E-state index in [1.807, 2.05) is 17.0 Å². The fourth-order valence-corrected chi connectivity index (χ4v) is 5.46. The van der Waals surface area contributed by atoms with Crippen LogP contribution in [0.4, 0.5) is 13.6 Å². The number of hydrogen-bond acceptors (Lipinski definition) is 6. The molecule has 2 aliphatic carbocycles. The molecule has 218 valence electrons. The van der Waals surface area contributed by atoms with Gasteiger partial charge in [0, 0.05) is 41.5 Å². The molecular formula is C28H34F2N8O3. The van der Waals surface area contributed by atoms with Crippen molar-refractivity contribution in [1.29, 1.82) is 0 Å². The monoisotopic (exact) mass is 568 g/mol. The van der Waals surface area contributed by atoms with Gasteiger partial charge in [-0.1, -0.05) is 11.2 Å². The Kier molecular flexibility index (Phi) is 7.74. The average Bonchev–Trinajstić information content (AvgIpc) is 3.50. The van der Waals surface area contributed by atoms with Gasteiger partial charge in [-0.15, -0.1) is 0 Å². The molecular weight excluding hydrogens is 534 g/mol. The first-order chi connectivity index (χ1) is 19.5.